The van der Waals surface area contributed by atoms with Gasteiger partial charge in [-0.15, -0.1) is 0 Å². The number of aromatic nitrogens is 1. The van der Waals surface area contributed by atoms with Crippen molar-refractivity contribution < 1.29 is 4.42 Å². The number of benzene rings is 1. The summed E-state index contributed by atoms with van der Waals surface area (Å²) in [6.45, 7) is 0. The second-order valence-electron chi connectivity index (χ2n) is 3.35. The molecule has 0 N–H and O–H groups in total. The van der Waals surface area contributed by atoms with Gasteiger partial charge in [-0.25, -0.2) is 0 Å². The molecule has 0 aliphatic rings. The molecule has 3 rings (SSSR count). The van der Waals surface area contributed by atoms with E-state index in [1.54, 1.807) is 12.5 Å². The van der Waals surface area contributed by atoms with E-state index in [0.29, 0.717) is 0 Å². The Balaban J connectivity index is 2.31. The fraction of sp³-hybridized carbons (Fsp3) is 0. The van der Waals surface area contributed by atoms with E-state index in [1.807, 2.05) is 36.4 Å². The number of pyridine rings is 1. The molecule has 3 aromatic rings. The largest absolute Gasteiger partial charge is 0.464 e. The molecule has 0 unspecified atom stereocenters. The van der Waals surface area contributed by atoms with Crippen molar-refractivity contribution in [1.29, 1.82) is 0 Å². The van der Waals surface area contributed by atoms with Crippen LogP contribution in [0, 0.1) is 0 Å². The summed E-state index contributed by atoms with van der Waals surface area (Å²) in [6, 6.07) is 13.9. The Kier molecular flexibility index (Phi) is 1.78. The standard InChI is InChI=1S/C13H9NO/c1-2-8-14-12(5-1)10-4-3-6-13-11(10)7-9-15-13/h1-9H. The number of nitrogens with zero attached hydrogens (tertiary/aromatic N) is 1. The van der Waals surface area contributed by atoms with Gasteiger partial charge in [0.05, 0.1) is 12.0 Å². The van der Waals surface area contributed by atoms with Gasteiger partial charge in [-0.3, -0.25) is 4.98 Å². The second kappa shape index (κ2) is 3.24. The van der Waals surface area contributed by atoms with Crippen molar-refractivity contribution in [2.24, 2.45) is 0 Å². The van der Waals surface area contributed by atoms with E-state index in [1.165, 1.54) is 0 Å². The third kappa shape index (κ3) is 1.31. The predicted molar refractivity (Wildman–Crippen MR) is 59.4 cm³/mol. The molecule has 0 atom stereocenters. The molecule has 2 nitrogen and oxygen atoms in total. The Labute approximate surface area is 87.2 Å². The lowest BCUT2D eigenvalue weighted by Gasteiger charge is -2.00. The Bertz CT molecular complexity index is 584. The monoisotopic (exact) mass is 195 g/mol. The van der Waals surface area contributed by atoms with Crippen LogP contribution in [0.2, 0.25) is 0 Å². The molecule has 0 amide bonds. The minimum atomic E-state index is 0.901. The van der Waals surface area contributed by atoms with Crippen molar-refractivity contribution in [1.82, 2.24) is 4.98 Å². The Morgan fingerprint density at radius 3 is 2.80 bits per heavy atom. The number of hydrogen-bond acceptors (Lipinski definition) is 2. The highest BCUT2D eigenvalue weighted by atomic mass is 16.3. The summed E-state index contributed by atoms with van der Waals surface area (Å²) in [5.74, 6) is 0. The summed E-state index contributed by atoms with van der Waals surface area (Å²) in [5, 5.41) is 1.11. The van der Waals surface area contributed by atoms with Gasteiger partial charge in [-0.2, -0.15) is 0 Å². The maximum Gasteiger partial charge on any atom is 0.134 e. The van der Waals surface area contributed by atoms with Crippen LogP contribution in [-0.2, 0) is 0 Å². The van der Waals surface area contributed by atoms with Crippen LogP contribution in [0.3, 0.4) is 0 Å². The fourth-order valence-corrected chi connectivity index (χ4v) is 1.74. The van der Waals surface area contributed by atoms with E-state index in [4.69, 9.17) is 4.42 Å². The normalized spacial score (nSPS) is 10.7. The maximum absolute atomic E-state index is 5.35. The summed E-state index contributed by atoms with van der Waals surface area (Å²) >= 11 is 0. The molecule has 0 spiro atoms. The Morgan fingerprint density at radius 1 is 0.933 bits per heavy atom. The molecule has 0 aliphatic heterocycles. The van der Waals surface area contributed by atoms with Crippen LogP contribution in [0.1, 0.15) is 0 Å². The third-order valence-corrected chi connectivity index (χ3v) is 2.44. The fourth-order valence-electron chi connectivity index (χ4n) is 1.74. The lowest BCUT2D eigenvalue weighted by atomic mass is 10.1. The third-order valence-electron chi connectivity index (χ3n) is 2.44. The molecule has 1 aromatic carbocycles. The highest BCUT2D eigenvalue weighted by molar-refractivity contribution is 5.92. The van der Waals surface area contributed by atoms with Gasteiger partial charge in [0, 0.05) is 17.1 Å². The minimum absolute atomic E-state index is 0.901. The number of hydrogen-bond donors (Lipinski definition) is 0. The zero-order valence-corrected chi connectivity index (χ0v) is 8.05. The highest BCUT2D eigenvalue weighted by Gasteiger charge is 2.05. The van der Waals surface area contributed by atoms with E-state index >= 15 is 0 Å². The Morgan fingerprint density at radius 2 is 1.93 bits per heavy atom. The van der Waals surface area contributed by atoms with E-state index in [9.17, 15) is 0 Å². The van der Waals surface area contributed by atoms with Crippen LogP contribution < -0.4 is 0 Å². The lowest BCUT2D eigenvalue weighted by molar-refractivity contribution is 0.616. The first-order valence-corrected chi connectivity index (χ1v) is 4.83. The van der Waals surface area contributed by atoms with Gasteiger partial charge in [0.25, 0.3) is 0 Å². The first kappa shape index (κ1) is 8.24. The second-order valence-corrected chi connectivity index (χ2v) is 3.35. The number of furan rings is 1. The van der Waals surface area contributed by atoms with Crippen LogP contribution in [-0.4, -0.2) is 4.98 Å². The molecule has 0 radical (unpaired) electrons. The maximum atomic E-state index is 5.35. The zero-order chi connectivity index (χ0) is 10.1. The predicted octanol–water partition coefficient (Wildman–Crippen LogP) is 3.49. The van der Waals surface area contributed by atoms with E-state index < -0.39 is 0 Å². The van der Waals surface area contributed by atoms with Gasteiger partial charge in [0.1, 0.15) is 5.58 Å². The minimum Gasteiger partial charge on any atom is -0.464 e. The molecule has 0 bridgehead atoms. The van der Waals surface area contributed by atoms with Gasteiger partial charge in [-0.05, 0) is 24.3 Å². The van der Waals surface area contributed by atoms with Crippen LogP contribution in [0.15, 0.2) is 59.3 Å². The van der Waals surface area contributed by atoms with Gasteiger partial charge < -0.3 is 4.42 Å². The quantitative estimate of drug-likeness (QED) is 0.594. The number of rotatable bonds is 1. The highest BCUT2D eigenvalue weighted by Crippen LogP contribution is 2.27. The summed E-state index contributed by atoms with van der Waals surface area (Å²) < 4.78 is 5.35. The van der Waals surface area contributed by atoms with Crippen molar-refractivity contribution in [3.05, 3.63) is 54.9 Å². The smallest absolute Gasteiger partial charge is 0.134 e. The lowest BCUT2D eigenvalue weighted by Crippen LogP contribution is -1.81. The average molecular weight is 195 g/mol. The molecular weight excluding hydrogens is 186 g/mol. The molecule has 0 saturated carbocycles. The topological polar surface area (TPSA) is 26.0 Å². The molecule has 2 heterocycles. The van der Waals surface area contributed by atoms with Crippen molar-refractivity contribution >= 4 is 11.0 Å². The van der Waals surface area contributed by atoms with Crippen molar-refractivity contribution in [2.45, 2.75) is 0 Å². The van der Waals surface area contributed by atoms with Gasteiger partial charge in [-0.1, -0.05) is 18.2 Å². The molecule has 72 valence electrons. The summed E-state index contributed by atoms with van der Waals surface area (Å²) in [5.41, 5.74) is 2.99. The molecule has 2 heteroatoms. The van der Waals surface area contributed by atoms with Gasteiger partial charge in [0.15, 0.2) is 0 Å². The molecule has 2 aromatic heterocycles. The Hall–Kier alpha value is -2.09. The van der Waals surface area contributed by atoms with Crippen LogP contribution >= 0.6 is 0 Å². The summed E-state index contributed by atoms with van der Waals surface area (Å²) in [4.78, 5) is 4.34. The van der Waals surface area contributed by atoms with Gasteiger partial charge in [0.2, 0.25) is 0 Å². The van der Waals surface area contributed by atoms with Gasteiger partial charge >= 0.3 is 0 Å². The molecule has 0 saturated heterocycles. The molecule has 0 aliphatic carbocycles. The molecule has 0 fully saturated rings. The zero-order valence-electron chi connectivity index (χ0n) is 8.05. The van der Waals surface area contributed by atoms with E-state index in [2.05, 4.69) is 11.1 Å². The summed E-state index contributed by atoms with van der Waals surface area (Å²) in [6.07, 6.45) is 3.51. The van der Waals surface area contributed by atoms with Crippen LogP contribution in [0.4, 0.5) is 0 Å². The van der Waals surface area contributed by atoms with Crippen molar-refractivity contribution in [3.8, 4) is 11.3 Å². The van der Waals surface area contributed by atoms with E-state index in [0.717, 1.165) is 22.2 Å². The van der Waals surface area contributed by atoms with Crippen molar-refractivity contribution in [2.75, 3.05) is 0 Å². The molecule has 15 heavy (non-hydrogen) atoms. The van der Waals surface area contributed by atoms with Crippen molar-refractivity contribution in [3.63, 3.8) is 0 Å². The van der Waals surface area contributed by atoms with Crippen LogP contribution in [0.5, 0.6) is 0 Å². The van der Waals surface area contributed by atoms with Crippen LogP contribution in [0.25, 0.3) is 22.2 Å². The SMILES string of the molecule is c1ccc(-c2cccc3occc23)nc1. The average Bonchev–Trinajstić information content (AvgIpc) is 2.78. The molecular formula is C13H9NO. The first-order valence-electron chi connectivity index (χ1n) is 4.83. The summed E-state index contributed by atoms with van der Waals surface area (Å²) in [7, 11) is 0. The van der Waals surface area contributed by atoms with E-state index in [-0.39, 0.29) is 0 Å². The first-order chi connectivity index (χ1) is 7.45. The number of fused-ring (bicyclic) bond motifs is 1.